The first-order chi connectivity index (χ1) is 17.0. The van der Waals surface area contributed by atoms with Gasteiger partial charge < -0.3 is 10.2 Å². The Balaban J connectivity index is 1.98. The van der Waals surface area contributed by atoms with Crippen LogP contribution in [0.15, 0.2) is 0 Å². The van der Waals surface area contributed by atoms with Gasteiger partial charge in [-0.05, 0) is 25.7 Å². The third kappa shape index (κ3) is 18.5. The fourth-order valence-electron chi connectivity index (χ4n) is 4.84. The van der Waals surface area contributed by atoms with E-state index in [0.29, 0.717) is 6.42 Å². The number of phosphoric acid groups is 1. The van der Waals surface area contributed by atoms with E-state index in [1.165, 1.54) is 70.6 Å². The third-order valence-electron chi connectivity index (χ3n) is 7.04. The molecule has 1 saturated heterocycles. The van der Waals surface area contributed by atoms with Crippen LogP contribution in [0.25, 0.3) is 0 Å². The monoisotopic (exact) mass is 517 g/mol. The van der Waals surface area contributed by atoms with Gasteiger partial charge in [0.05, 0.1) is 12.2 Å². The van der Waals surface area contributed by atoms with Crippen LogP contribution in [0.4, 0.5) is 0 Å². The van der Waals surface area contributed by atoms with Crippen molar-refractivity contribution in [2.75, 3.05) is 6.54 Å². The standard InChI is InChI=1S/C28H56NO5P/c1-3-5-7-9-11-12-17-21-25-29-28(30)24-20-16-13-15-19-23-27-26(33-35(31,32)34-27)22-18-14-10-8-6-4-2/h26-27H,3-25H2,1-2H3,(H,29,30)(H,31,32). The van der Waals surface area contributed by atoms with Crippen LogP contribution >= 0.6 is 7.82 Å². The van der Waals surface area contributed by atoms with Gasteiger partial charge in [-0.1, -0.05) is 123 Å². The molecule has 0 aliphatic carbocycles. The van der Waals surface area contributed by atoms with Crippen molar-refractivity contribution in [3.8, 4) is 0 Å². The van der Waals surface area contributed by atoms with Crippen molar-refractivity contribution in [1.82, 2.24) is 5.32 Å². The van der Waals surface area contributed by atoms with Crippen LogP contribution in [0.5, 0.6) is 0 Å². The predicted molar refractivity (Wildman–Crippen MR) is 146 cm³/mol. The van der Waals surface area contributed by atoms with Crippen LogP contribution in [0.3, 0.4) is 0 Å². The third-order valence-corrected chi connectivity index (χ3v) is 8.11. The summed E-state index contributed by atoms with van der Waals surface area (Å²) in [6.45, 7) is 5.27. The molecule has 0 aromatic carbocycles. The average molecular weight is 518 g/mol. The van der Waals surface area contributed by atoms with Crippen LogP contribution in [-0.2, 0) is 18.4 Å². The Morgan fingerprint density at radius 3 is 1.54 bits per heavy atom. The van der Waals surface area contributed by atoms with Gasteiger partial charge in [0.25, 0.3) is 0 Å². The Hall–Kier alpha value is -0.420. The number of phosphoric ester groups is 1. The molecule has 208 valence electrons. The molecule has 3 atom stereocenters. The molecule has 1 amide bonds. The van der Waals surface area contributed by atoms with E-state index in [4.69, 9.17) is 9.05 Å². The number of nitrogens with one attached hydrogen (secondary N) is 1. The Bertz CT molecular complexity index is 559. The highest BCUT2D eigenvalue weighted by Crippen LogP contribution is 2.54. The van der Waals surface area contributed by atoms with Crippen molar-refractivity contribution in [3.63, 3.8) is 0 Å². The zero-order chi connectivity index (χ0) is 25.6. The molecular formula is C28H56NO5P. The first-order valence-electron chi connectivity index (χ1n) is 14.9. The van der Waals surface area contributed by atoms with Gasteiger partial charge in [0.2, 0.25) is 5.91 Å². The summed E-state index contributed by atoms with van der Waals surface area (Å²) in [5.74, 6) is 0.181. The lowest BCUT2D eigenvalue weighted by molar-refractivity contribution is -0.121. The average Bonchev–Trinajstić information content (AvgIpc) is 3.12. The molecule has 0 spiro atoms. The van der Waals surface area contributed by atoms with E-state index in [1.807, 2.05) is 0 Å². The van der Waals surface area contributed by atoms with Crippen molar-refractivity contribution in [3.05, 3.63) is 0 Å². The maximum atomic E-state index is 12.0. The van der Waals surface area contributed by atoms with E-state index < -0.39 is 7.82 Å². The molecule has 0 aromatic rings. The summed E-state index contributed by atoms with van der Waals surface area (Å²) < 4.78 is 22.6. The van der Waals surface area contributed by atoms with E-state index in [9.17, 15) is 14.3 Å². The normalized spacial score (nSPS) is 22.0. The molecule has 1 aliphatic rings. The van der Waals surface area contributed by atoms with Crippen molar-refractivity contribution in [2.24, 2.45) is 0 Å². The quantitative estimate of drug-likeness (QED) is 0.0989. The highest BCUT2D eigenvalue weighted by Gasteiger charge is 2.42. The summed E-state index contributed by atoms with van der Waals surface area (Å²) in [7, 11) is -3.87. The van der Waals surface area contributed by atoms with Gasteiger partial charge in [-0.2, -0.15) is 0 Å². The first kappa shape index (κ1) is 32.6. The van der Waals surface area contributed by atoms with E-state index in [2.05, 4.69) is 19.2 Å². The van der Waals surface area contributed by atoms with Gasteiger partial charge in [0, 0.05) is 13.0 Å². The van der Waals surface area contributed by atoms with Crippen LogP contribution in [0.1, 0.15) is 155 Å². The zero-order valence-corrected chi connectivity index (χ0v) is 23.8. The maximum Gasteiger partial charge on any atom is 0.472 e. The SMILES string of the molecule is CCCCCCCCCCNC(=O)CCCCCCCC1OP(=O)(O)OC1CCCCCCCC. The molecule has 0 aromatic heterocycles. The van der Waals surface area contributed by atoms with Crippen molar-refractivity contribution in [2.45, 2.75) is 167 Å². The second kappa shape index (κ2) is 21.6. The van der Waals surface area contributed by atoms with Gasteiger partial charge >= 0.3 is 7.82 Å². The molecule has 1 heterocycles. The van der Waals surface area contributed by atoms with Gasteiger partial charge in [-0.15, -0.1) is 0 Å². The summed E-state index contributed by atoms with van der Waals surface area (Å²) in [6.07, 6.45) is 24.2. The van der Waals surface area contributed by atoms with Crippen molar-refractivity contribution in [1.29, 1.82) is 0 Å². The predicted octanol–water partition coefficient (Wildman–Crippen LogP) is 8.61. The maximum absolute atomic E-state index is 12.0. The van der Waals surface area contributed by atoms with Crippen LogP contribution < -0.4 is 5.32 Å². The summed E-state index contributed by atoms with van der Waals surface area (Å²) in [6, 6.07) is 0. The number of carbonyl (C=O) groups excluding carboxylic acids is 1. The summed E-state index contributed by atoms with van der Waals surface area (Å²) in [5, 5.41) is 3.06. The molecule has 1 rings (SSSR count). The van der Waals surface area contributed by atoms with E-state index in [-0.39, 0.29) is 18.1 Å². The fourth-order valence-corrected chi connectivity index (χ4v) is 6.06. The van der Waals surface area contributed by atoms with Gasteiger partial charge in [-0.25, -0.2) is 4.57 Å². The molecule has 0 radical (unpaired) electrons. The molecule has 7 heteroatoms. The van der Waals surface area contributed by atoms with Crippen LogP contribution in [0, 0.1) is 0 Å². The minimum absolute atomic E-state index is 0.181. The Morgan fingerprint density at radius 1 is 0.657 bits per heavy atom. The molecule has 2 N–H and O–H groups in total. The molecule has 1 aliphatic heterocycles. The Kier molecular flexibility index (Phi) is 20.2. The summed E-state index contributed by atoms with van der Waals surface area (Å²) >= 11 is 0. The van der Waals surface area contributed by atoms with Gasteiger partial charge in [-0.3, -0.25) is 13.8 Å². The summed E-state index contributed by atoms with van der Waals surface area (Å²) in [5.41, 5.74) is 0. The number of hydrogen-bond acceptors (Lipinski definition) is 4. The fraction of sp³-hybridized carbons (Fsp3) is 0.964. The van der Waals surface area contributed by atoms with E-state index in [0.717, 1.165) is 70.8 Å². The summed E-state index contributed by atoms with van der Waals surface area (Å²) in [4.78, 5) is 21.7. The molecule has 0 saturated carbocycles. The van der Waals surface area contributed by atoms with Gasteiger partial charge in [0.15, 0.2) is 0 Å². The zero-order valence-electron chi connectivity index (χ0n) is 22.9. The molecule has 6 nitrogen and oxygen atoms in total. The number of unbranched alkanes of at least 4 members (excludes halogenated alkanes) is 16. The Morgan fingerprint density at radius 2 is 1.06 bits per heavy atom. The lowest BCUT2D eigenvalue weighted by atomic mass is 9.99. The smallest absolute Gasteiger partial charge is 0.356 e. The highest BCUT2D eigenvalue weighted by atomic mass is 31.2. The second-order valence-electron chi connectivity index (χ2n) is 10.4. The number of rotatable bonds is 24. The largest absolute Gasteiger partial charge is 0.472 e. The number of hydrogen-bond donors (Lipinski definition) is 2. The number of amides is 1. The first-order valence-corrected chi connectivity index (χ1v) is 16.4. The Labute approximate surface area is 216 Å². The number of carbonyl (C=O) groups is 1. The molecule has 3 unspecified atom stereocenters. The topological polar surface area (TPSA) is 84.9 Å². The lowest BCUT2D eigenvalue weighted by Gasteiger charge is -2.15. The second-order valence-corrected chi connectivity index (χ2v) is 11.8. The van der Waals surface area contributed by atoms with E-state index >= 15 is 0 Å². The van der Waals surface area contributed by atoms with Gasteiger partial charge in [0.1, 0.15) is 0 Å². The molecule has 35 heavy (non-hydrogen) atoms. The van der Waals surface area contributed by atoms with Crippen LogP contribution in [-0.4, -0.2) is 29.6 Å². The van der Waals surface area contributed by atoms with Crippen molar-refractivity contribution < 1.29 is 23.3 Å². The highest BCUT2D eigenvalue weighted by molar-refractivity contribution is 7.47. The molecular weight excluding hydrogens is 461 g/mol. The van der Waals surface area contributed by atoms with Crippen molar-refractivity contribution >= 4 is 13.7 Å². The molecule has 1 fully saturated rings. The van der Waals surface area contributed by atoms with E-state index in [1.54, 1.807) is 0 Å². The lowest BCUT2D eigenvalue weighted by Crippen LogP contribution is -2.23. The molecule has 0 bridgehead atoms. The minimum atomic E-state index is -3.87. The van der Waals surface area contributed by atoms with Crippen LogP contribution in [0.2, 0.25) is 0 Å². The minimum Gasteiger partial charge on any atom is -0.356 e.